The minimum Gasteiger partial charge on any atom is -0.438 e. The second-order valence-corrected chi connectivity index (χ2v) is 6.02. The number of aryl methyl sites for hydroxylation is 4. The molecule has 2 heterocycles. The lowest BCUT2D eigenvalue weighted by molar-refractivity contribution is 0.317. The Morgan fingerprint density at radius 3 is 2.52 bits per heavy atom. The molecule has 2 aromatic heterocycles. The van der Waals surface area contributed by atoms with Crippen LogP contribution in [0.1, 0.15) is 28.1 Å². The van der Waals surface area contributed by atoms with Crippen LogP contribution in [0.25, 0.3) is 0 Å². The summed E-state index contributed by atoms with van der Waals surface area (Å²) in [6.45, 7) is 7.77. The van der Waals surface area contributed by atoms with E-state index in [-0.39, 0.29) is 0 Å². The molecule has 0 fully saturated rings. The van der Waals surface area contributed by atoms with Gasteiger partial charge in [0.25, 0.3) is 0 Å². The summed E-state index contributed by atoms with van der Waals surface area (Å²) in [5, 5.41) is 13.0. The molecular weight excluding hydrogens is 316 g/mol. The van der Waals surface area contributed by atoms with Gasteiger partial charge < -0.3 is 9.94 Å². The first-order chi connectivity index (χ1) is 12.0. The number of benzene rings is 1. The van der Waals surface area contributed by atoms with Crippen LogP contribution >= 0.6 is 0 Å². The Balaban J connectivity index is 2.06. The summed E-state index contributed by atoms with van der Waals surface area (Å²) in [6.07, 6.45) is 3.36. The van der Waals surface area contributed by atoms with Crippen molar-refractivity contribution >= 4 is 5.84 Å². The molecule has 25 heavy (non-hydrogen) atoms. The van der Waals surface area contributed by atoms with Crippen molar-refractivity contribution in [2.45, 2.75) is 27.7 Å². The molecule has 3 aromatic rings. The van der Waals surface area contributed by atoms with E-state index in [1.807, 2.05) is 58.0 Å². The van der Waals surface area contributed by atoms with Crippen molar-refractivity contribution in [2.24, 2.45) is 5.16 Å². The summed E-state index contributed by atoms with van der Waals surface area (Å²) < 4.78 is 7.69. The summed E-state index contributed by atoms with van der Waals surface area (Å²) in [5.74, 6) is 1.39. The third kappa shape index (κ3) is 3.52. The molecule has 6 heteroatoms. The molecule has 6 nitrogen and oxygen atoms in total. The summed E-state index contributed by atoms with van der Waals surface area (Å²) in [5.41, 5.74) is 4.37. The van der Waals surface area contributed by atoms with Gasteiger partial charge in [0.2, 0.25) is 5.88 Å². The highest BCUT2D eigenvalue weighted by atomic mass is 16.5. The van der Waals surface area contributed by atoms with Crippen molar-refractivity contribution in [3.8, 4) is 11.6 Å². The van der Waals surface area contributed by atoms with E-state index in [2.05, 4.69) is 15.1 Å². The molecule has 3 rings (SSSR count). The lowest BCUT2D eigenvalue weighted by Gasteiger charge is -2.14. The van der Waals surface area contributed by atoms with E-state index >= 15 is 0 Å². The van der Waals surface area contributed by atoms with Crippen LogP contribution < -0.4 is 4.74 Å². The maximum atomic E-state index is 9.55. The molecule has 0 unspecified atom stereocenters. The van der Waals surface area contributed by atoms with Gasteiger partial charge in [-0.3, -0.25) is 4.57 Å². The van der Waals surface area contributed by atoms with Crippen LogP contribution in [0.2, 0.25) is 0 Å². The average molecular weight is 336 g/mol. The number of hydrogen-bond donors (Lipinski definition) is 1. The van der Waals surface area contributed by atoms with Gasteiger partial charge in [0.1, 0.15) is 12.1 Å². The fourth-order valence-electron chi connectivity index (χ4n) is 2.58. The van der Waals surface area contributed by atoms with Gasteiger partial charge in [-0.2, -0.15) is 0 Å². The van der Waals surface area contributed by atoms with E-state index < -0.39 is 0 Å². The largest absolute Gasteiger partial charge is 0.438 e. The summed E-state index contributed by atoms with van der Waals surface area (Å²) in [6, 6.07) is 9.61. The highest BCUT2D eigenvalue weighted by Crippen LogP contribution is 2.28. The third-order valence-corrected chi connectivity index (χ3v) is 3.83. The van der Waals surface area contributed by atoms with Crippen LogP contribution in [0.3, 0.4) is 0 Å². The first-order valence-corrected chi connectivity index (χ1v) is 7.94. The monoisotopic (exact) mass is 336 g/mol. The molecule has 1 aromatic carbocycles. The molecule has 0 radical (unpaired) electrons. The second-order valence-electron chi connectivity index (χ2n) is 6.02. The van der Waals surface area contributed by atoms with Gasteiger partial charge in [-0.1, -0.05) is 22.9 Å². The van der Waals surface area contributed by atoms with E-state index in [9.17, 15) is 5.21 Å². The Kier molecular flexibility index (Phi) is 4.52. The van der Waals surface area contributed by atoms with Crippen molar-refractivity contribution in [1.82, 2.24) is 14.5 Å². The van der Waals surface area contributed by atoms with Crippen molar-refractivity contribution in [3.05, 3.63) is 70.9 Å². The van der Waals surface area contributed by atoms with E-state index in [1.54, 1.807) is 17.1 Å². The minimum absolute atomic E-state index is 0.299. The third-order valence-electron chi connectivity index (χ3n) is 3.83. The highest BCUT2D eigenvalue weighted by Gasteiger charge is 2.17. The smallest absolute Gasteiger partial charge is 0.230 e. The predicted molar refractivity (Wildman–Crippen MR) is 95.6 cm³/mol. The van der Waals surface area contributed by atoms with Crippen molar-refractivity contribution in [2.75, 3.05) is 0 Å². The first kappa shape index (κ1) is 16.7. The quantitative estimate of drug-likeness (QED) is 0.340. The van der Waals surface area contributed by atoms with Gasteiger partial charge in [-0.05, 0) is 51.5 Å². The number of imidazole rings is 1. The Bertz CT molecular complexity index is 944. The zero-order chi connectivity index (χ0) is 18.0. The van der Waals surface area contributed by atoms with E-state index in [0.717, 1.165) is 22.5 Å². The zero-order valence-electron chi connectivity index (χ0n) is 14.7. The maximum Gasteiger partial charge on any atom is 0.230 e. The van der Waals surface area contributed by atoms with Gasteiger partial charge in [0.05, 0.1) is 11.3 Å². The highest BCUT2D eigenvalue weighted by molar-refractivity contribution is 6.01. The Hall–Kier alpha value is -3.15. The van der Waals surface area contributed by atoms with Gasteiger partial charge in [-0.15, -0.1) is 0 Å². The molecule has 0 bridgehead atoms. The second kappa shape index (κ2) is 6.76. The van der Waals surface area contributed by atoms with E-state index in [1.165, 1.54) is 0 Å². The van der Waals surface area contributed by atoms with Crippen LogP contribution in [0, 0.1) is 27.7 Å². The SMILES string of the molecule is Cc1ccc(Oc2nc(C)ccc2/C(=N/O)n2cnc(C)c2)c(C)c1. The lowest BCUT2D eigenvalue weighted by atomic mass is 10.1. The lowest BCUT2D eigenvalue weighted by Crippen LogP contribution is -2.14. The molecule has 0 saturated carbocycles. The molecule has 0 aliphatic heterocycles. The number of aromatic nitrogens is 3. The Morgan fingerprint density at radius 2 is 1.88 bits per heavy atom. The molecule has 0 aliphatic carbocycles. The van der Waals surface area contributed by atoms with Crippen molar-refractivity contribution in [1.29, 1.82) is 0 Å². The van der Waals surface area contributed by atoms with Gasteiger partial charge in [0.15, 0.2) is 5.84 Å². The molecule has 1 N–H and O–H groups in total. The van der Waals surface area contributed by atoms with E-state index in [0.29, 0.717) is 23.0 Å². The fourth-order valence-corrected chi connectivity index (χ4v) is 2.58. The number of ether oxygens (including phenoxy) is 1. The molecular formula is C19H20N4O2. The topological polar surface area (TPSA) is 72.5 Å². The fraction of sp³-hybridized carbons (Fsp3) is 0.211. The van der Waals surface area contributed by atoms with Crippen molar-refractivity contribution in [3.63, 3.8) is 0 Å². The van der Waals surface area contributed by atoms with Crippen LogP contribution in [-0.4, -0.2) is 25.6 Å². The summed E-state index contributed by atoms with van der Waals surface area (Å²) in [7, 11) is 0. The molecule has 0 saturated heterocycles. The number of oxime groups is 1. The maximum absolute atomic E-state index is 9.55. The Morgan fingerprint density at radius 1 is 1.08 bits per heavy atom. The van der Waals surface area contributed by atoms with Crippen LogP contribution in [0.5, 0.6) is 11.6 Å². The minimum atomic E-state index is 0.299. The van der Waals surface area contributed by atoms with Gasteiger partial charge >= 0.3 is 0 Å². The summed E-state index contributed by atoms with van der Waals surface area (Å²) in [4.78, 5) is 8.66. The van der Waals surface area contributed by atoms with Crippen LogP contribution in [0.4, 0.5) is 0 Å². The van der Waals surface area contributed by atoms with E-state index in [4.69, 9.17) is 4.74 Å². The molecule has 0 amide bonds. The zero-order valence-corrected chi connectivity index (χ0v) is 14.7. The number of pyridine rings is 1. The predicted octanol–water partition coefficient (Wildman–Crippen LogP) is 3.99. The average Bonchev–Trinajstić information content (AvgIpc) is 2.99. The molecule has 0 atom stereocenters. The number of rotatable bonds is 3. The Labute approximate surface area is 146 Å². The number of hydrogen-bond acceptors (Lipinski definition) is 5. The van der Waals surface area contributed by atoms with Crippen LogP contribution in [-0.2, 0) is 0 Å². The van der Waals surface area contributed by atoms with Gasteiger partial charge in [0, 0.05) is 11.9 Å². The molecule has 0 spiro atoms. The summed E-state index contributed by atoms with van der Waals surface area (Å²) >= 11 is 0. The molecule has 0 aliphatic rings. The standard InChI is InChI=1S/C19H20N4O2/c1-12-5-8-17(13(2)9-12)25-19-16(7-6-14(3)21-19)18(22-24)23-10-15(4)20-11-23/h5-11,24H,1-4H3/b22-18-. The molecule has 128 valence electrons. The van der Waals surface area contributed by atoms with Gasteiger partial charge in [-0.25, -0.2) is 9.97 Å². The normalized spacial score (nSPS) is 11.6. The van der Waals surface area contributed by atoms with Crippen LogP contribution in [0.15, 0.2) is 48.0 Å². The number of nitrogens with zero attached hydrogens (tertiary/aromatic N) is 4. The van der Waals surface area contributed by atoms with Crippen molar-refractivity contribution < 1.29 is 9.94 Å². The first-order valence-electron chi connectivity index (χ1n) is 7.94.